The number of rotatable bonds is 12. The highest BCUT2D eigenvalue weighted by Gasteiger charge is 2.10. The second kappa shape index (κ2) is 13.7. The van der Waals surface area contributed by atoms with Gasteiger partial charge in [-0.3, -0.25) is 0 Å². The van der Waals surface area contributed by atoms with Gasteiger partial charge in [-0.2, -0.15) is 0 Å². The molecule has 2 rings (SSSR count). The molecule has 2 aromatic carbocycles. The van der Waals surface area contributed by atoms with Crippen molar-refractivity contribution in [2.24, 2.45) is 5.16 Å². The first-order valence-electron chi connectivity index (χ1n) is 9.93. The molecule has 2 aromatic rings. The predicted molar refractivity (Wildman–Crippen MR) is 130 cm³/mol. The molecule has 0 spiro atoms. The Bertz CT molecular complexity index is 858. The standard InChI is InChI=1S/C23H25Cl4NO3/c1-3-16(2)31-28-15-18-8-6-17(7-9-18)5-4-11-30-23-20(24)13-19(14-21(23)25)29-12-10-22(26)27/h6-10,13-16H,3-5,11-12H2,1-2H3/b28-15+. The first kappa shape index (κ1) is 25.7. The van der Waals surface area contributed by atoms with Crippen LogP contribution in [0.2, 0.25) is 10.0 Å². The van der Waals surface area contributed by atoms with E-state index in [0.29, 0.717) is 28.2 Å². The van der Waals surface area contributed by atoms with Gasteiger partial charge in [0.05, 0.1) is 22.9 Å². The maximum atomic E-state index is 6.28. The molecule has 4 nitrogen and oxygen atoms in total. The highest BCUT2D eigenvalue weighted by atomic mass is 35.5. The molecule has 0 aromatic heterocycles. The van der Waals surface area contributed by atoms with Gasteiger partial charge < -0.3 is 14.3 Å². The molecule has 0 aliphatic heterocycles. The lowest BCUT2D eigenvalue weighted by Gasteiger charge is -2.12. The predicted octanol–water partition coefficient (Wildman–Crippen LogP) is 7.85. The molecule has 0 aliphatic carbocycles. The molecule has 1 unspecified atom stereocenters. The molecule has 0 saturated carbocycles. The number of oxime groups is 1. The van der Waals surface area contributed by atoms with Crippen molar-refractivity contribution >= 4 is 52.6 Å². The Kier molecular flexibility index (Phi) is 11.4. The molecule has 0 aliphatic rings. The van der Waals surface area contributed by atoms with Crippen molar-refractivity contribution in [1.29, 1.82) is 0 Å². The zero-order valence-corrected chi connectivity index (χ0v) is 20.4. The van der Waals surface area contributed by atoms with Crippen LogP contribution in [0.15, 0.2) is 52.1 Å². The number of nitrogens with zero attached hydrogens (tertiary/aromatic N) is 1. The summed E-state index contributed by atoms with van der Waals surface area (Å²) >= 11 is 23.7. The van der Waals surface area contributed by atoms with E-state index < -0.39 is 0 Å². The SMILES string of the molecule is CCC(C)O/N=C/c1ccc(CCCOc2c(Cl)cc(OCC=C(Cl)Cl)cc2Cl)cc1. The van der Waals surface area contributed by atoms with Crippen LogP contribution in [-0.2, 0) is 11.3 Å². The minimum atomic E-state index is 0.119. The Labute approximate surface area is 203 Å². The van der Waals surface area contributed by atoms with Crippen LogP contribution in [0.25, 0.3) is 0 Å². The summed E-state index contributed by atoms with van der Waals surface area (Å²) in [6, 6.07) is 11.4. The van der Waals surface area contributed by atoms with Gasteiger partial charge in [0.25, 0.3) is 0 Å². The van der Waals surface area contributed by atoms with E-state index in [-0.39, 0.29) is 17.2 Å². The zero-order valence-electron chi connectivity index (χ0n) is 17.4. The lowest BCUT2D eigenvalue weighted by Crippen LogP contribution is -2.02. The quantitative estimate of drug-likeness (QED) is 0.168. The first-order valence-corrected chi connectivity index (χ1v) is 11.4. The Morgan fingerprint density at radius 1 is 1.06 bits per heavy atom. The van der Waals surface area contributed by atoms with E-state index in [4.69, 9.17) is 60.7 Å². The molecule has 0 fully saturated rings. The van der Waals surface area contributed by atoms with Gasteiger partial charge >= 0.3 is 0 Å². The molecule has 0 N–H and O–H groups in total. The molecule has 31 heavy (non-hydrogen) atoms. The Balaban J connectivity index is 1.80. The van der Waals surface area contributed by atoms with E-state index >= 15 is 0 Å². The lowest BCUT2D eigenvalue weighted by atomic mass is 10.1. The third kappa shape index (κ3) is 9.61. The van der Waals surface area contributed by atoms with Crippen molar-refractivity contribution in [2.75, 3.05) is 13.2 Å². The van der Waals surface area contributed by atoms with E-state index in [0.717, 1.165) is 24.8 Å². The number of hydrogen-bond acceptors (Lipinski definition) is 4. The maximum Gasteiger partial charge on any atom is 0.156 e. The van der Waals surface area contributed by atoms with Crippen LogP contribution >= 0.6 is 46.4 Å². The normalized spacial score (nSPS) is 11.9. The van der Waals surface area contributed by atoms with Crippen molar-refractivity contribution < 1.29 is 14.3 Å². The molecule has 0 radical (unpaired) electrons. The monoisotopic (exact) mass is 503 g/mol. The fourth-order valence-corrected chi connectivity index (χ4v) is 3.15. The van der Waals surface area contributed by atoms with E-state index in [9.17, 15) is 0 Å². The molecular weight excluding hydrogens is 480 g/mol. The highest BCUT2D eigenvalue weighted by Crippen LogP contribution is 2.37. The van der Waals surface area contributed by atoms with Gasteiger partial charge in [-0.05, 0) is 43.4 Å². The maximum absolute atomic E-state index is 6.28. The summed E-state index contributed by atoms with van der Waals surface area (Å²) in [5.41, 5.74) is 2.20. The van der Waals surface area contributed by atoms with Crippen molar-refractivity contribution in [3.05, 3.63) is 68.1 Å². The van der Waals surface area contributed by atoms with Crippen LogP contribution in [0.1, 0.15) is 37.8 Å². The summed E-state index contributed by atoms with van der Waals surface area (Å²) in [7, 11) is 0. The van der Waals surface area contributed by atoms with Gasteiger partial charge in [-0.1, -0.05) is 82.7 Å². The van der Waals surface area contributed by atoms with Gasteiger partial charge in [0, 0.05) is 12.1 Å². The Morgan fingerprint density at radius 2 is 1.74 bits per heavy atom. The minimum Gasteiger partial charge on any atom is -0.490 e. The van der Waals surface area contributed by atoms with E-state index in [1.807, 2.05) is 19.1 Å². The van der Waals surface area contributed by atoms with Crippen molar-refractivity contribution in [1.82, 2.24) is 0 Å². The largest absolute Gasteiger partial charge is 0.490 e. The molecular formula is C23H25Cl4NO3. The van der Waals surface area contributed by atoms with E-state index in [1.54, 1.807) is 18.3 Å². The van der Waals surface area contributed by atoms with E-state index in [1.165, 1.54) is 11.6 Å². The summed E-state index contributed by atoms with van der Waals surface area (Å²) in [4.78, 5) is 5.31. The summed E-state index contributed by atoms with van der Waals surface area (Å²) < 4.78 is 11.4. The van der Waals surface area contributed by atoms with Gasteiger partial charge in [0.15, 0.2) is 5.75 Å². The molecule has 8 heteroatoms. The molecule has 1 atom stereocenters. The molecule has 0 heterocycles. The molecule has 0 saturated heterocycles. The third-order valence-corrected chi connectivity index (χ3v) is 5.18. The van der Waals surface area contributed by atoms with Crippen LogP contribution < -0.4 is 9.47 Å². The van der Waals surface area contributed by atoms with Crippen molar-refractivity contribution in [3.63, 3.8) is 0 Å². The average molecular weight is 505 g/mol. The number of ether oxygens (including phenoxy) is 2. The van der Waals surface area contributed by atoms with Gasteiger partial charge in [-0.15, -0.1) is 0 Å². The number of hydrogen-bond donors (Lipinski definition) is 0. The van der Waals surface area contributed by atoms with Crippen LogP contribution in [0, 0.1) is 0 Å². The van der Waals surface area contributed by atoms with Crippen LogP contribution in [0.3, 0.4) is 0 Å². The average Bonchev–Trinajstić information content (AvgIpc) is 2.73. The van der Waals surface area contributed by atoms with Crippen molar-refractivity contribution in [3.8, 4) is 11.5 Å². The number of halogens is 4. The van der Waals surface area contributed by atoms with Gasteiger partial charge in [0.2, 0.25) is 0 Å². The summed E-state index contributed by atoms with van der Waals surface area (Å²) in [6.45, 7) is 4.74. The van der Waals surface area contributed by atoms with Gasteiger partial charge in [0.1, 0.15) is 23.0 Å². The molecule has 0 amide bonds. The van der Waals surface area contributed by atoms with Gasteiger partial charge in [-0.25, -0.2) is 0 Å². The Hall–Kier alpha value is -1.59. The second-order valence-corrected chi connectivity index (χ2v) is 8.60. The Morgan fingerprint density at radius 3 is 2.35 bits per heavy atom. The van der Waals surface area contributed by atoms with Crippen LogP contribution in [-0.4, -0.2) is 25.5 Å². The third-order valence-electron chi connectivity index (χ3n) is 4.31. The fraction of sp³-hybridized carbons (Fsp3) is 0.348. The van der Waals surface area contributed by atoms with E-state index in [2.05, 4.69) is 24.2 Å². The van der Waals surface area contributed by atoms with Crippen LogP contribution in [0.5, 0.6) is 11.5 Å². The smallest absolute Gasteiger partial charge is 0.156 e. The number of aryl methyl sites for hydroxylation is 1. The molecule has 168 valence electrons. The van der Waals surface area contributed by atoms with Crippen LogP contribution in [0.4, 0.5) is 0 Å². The topological polar surface area (TPSA) is 40.0 Å². The summed E-state index contributed by atoms with van der Waals surface area (Å²) in [5, 5.41) is 4.77. The zero-order chi connectivity index (χ0) is 22.6. The first-order chi connectivity index (χ1) is 14.9. The highest BCUT2D eigenvalue weighted by molar-refractivity contribution is 6.55. The minimum absolute atomic E-state index is 0.119. The fourth-order valence-electron chi connectivity index (χ4n) is 2.45. The number of benzene rings is 2. The molecule has 0 bridgehead atoms. The summed E-state index contributed by atoms with van der Waals surface area (Å²) in [6.07, 6.45) is 5.96. The van der Waals surface area contributed by atoms with Crippen molar-refractivity contribution in [2.45, 2.75) is 39.2 Å². The summed E-state index contributed by atoms with van der Waals surface area (Å²) in [5.74, 6) is 0.945. The lowest BCUT2D eigenvalue weighted by molar-refractivity contribution is 0.0712. The second-order valence-electron chi connectivity index (χ2n) is 6.77.